The number of carbonyl (C=O) groups is 1. The van der Waals surface area contributed by atoms with Crippen molar-refractivity contribution in [2.24, 2.45) is 0 Å². The normalized spacial score (nSPS) is 19.5. The third-order valence-corrected chi connectivity index (χ3v) is 5.67. The fourth-order valence-corrected chi connectivity index (χ4v) is 4.16. The number of nitrogens with zero attached hydrogens (tertiary/aromatic N) is 3. The second kappa shape index (κ2) is 7.96. The topological polar surface area (TPSA) is 76.6 Å². The van der Waals surface area contributed by atoms with Gasteiger partial charge >= 0.3 is 0 Å². The van der Waals surface area contributed by atoms with Crippen molar-refractivity contribution >= 4 is 17.4 Å². The highest BCUT2D eigenvalue weighted by molar-refractivity contribution is 6.03. The van der Waals surface area contributed by atoms with E-state index in [2.05, 4.69) is 15.5 Å². The van der Waals surface area contributed by atoms with Crippen molar-refractivity contribution in [2.75, 3.05) is 23.9 Å². The summed E-state index contributed by atoms with van der Waals surface area (Å²) < 4.78 is 25.5. The Bertz CT molecular complexity index is 1130. The smallest absolute Gasteiger partial charge is 0.248 e. The minimum absolute atomic E-state index is 0.0952. The molecule has 1 fully saturated rings. The van der Waals surface area contributed by atoms with Crippen LogP contribution in [0.25, 0.3) is 11.3 Å². The van der Waals surface area contributed by atoms with E-state index >= 15 is 0 Å². The number of hydrogen-bond acceptors (Lipinski definition) is 6. The highest BCUT2D eigenvalue weighted by Gasteiger charge is 2.42. The number of para-hydroxylation sites is 1. The zero-order chi connectivity index (χ0) is 21.4. The number of carbonyl (C=O) groups excluding carboxylic acids is 1. The van der Waals surface area contributed by atoms with Crippen LogP contribution in [-0.4, -0.2) is 41.9 Å². The Balaban J connectivity index is 1.42. The fourth-order valence-electron chi connectivity index (χ4n) is 4.16. The highest BCUT2D eigenvalue weighted by atomic mass is 19.1. The molecule has 0 spiro atoms. The first-order chi connectivity index (χ1) is 15.1. The summed E-state index contributed by atoms with van der Waals surface area (Å²) in [6.45, 7) is 1.05. The number of rotatable bonds is 5. The van der Waals surface area contributed by atoms with E-state index in [1.54, 1.807) is 12.1 Å². The van der Waals surface area contributed by atoms with Gasteiger partial charge < -0.3 is 19.7 Å². The van der Waals surface area contributed by atoms with E-state index in [4.69, 9.17) is 9.47 Å². The molecule has 2 aliphatic rings. The number of anilines is 2. The lowest BCUT2D eigenvalue weighted by Gasteiger charge is -2.31. The summed E-state index contributed by atoms with van der Waals surface area (Å²) in [5, 5.41) is 11.2. The number of nitrogens with one attached hydrogen (secondary N) is 1. The van der Waals surface area contributed by atoms with Crippen LogP contribution in [0.1, 0.15) is 12.0 Å². The van der Waals surface area contributed by atoms with Gasteiger partial charge in [-0.15, -0.1) is 10.2 Å². The van der Waals surface area contributed by atoms with E-state index < -0.39 is 5.82 Å². The molecule has 0 bridgehead atoms. The molecule has 31 heavy (non-hydrogen) atoms. The summed E-state index contributed by atoms with van der Waals surface area (Å²) in [7, 11) is 1.42. The minimum atomic E-state index is -0.471. The van der Waals surface area contributed by atoms with Gasteiger partial charge in [0.25, 0.3) is 0 Å². The number of fused-ring (bicyclic) bond motifs is 3. The molecule has 2 aromatic carbocycles. The summed E-state index contributed by atoms with van der Waals surface area (Å²) in [4.78, 5) is 14.6. The summed E-state index contributed by atoms with van der Waals surface area (Å²) in [5.41, 5.74) is 2.80. The molecule has 8 heteroatoms. The van der Waals surface area contributed by atoms with Gasteiger partial charge in [-0.2, -0.15) is 0 Å². The van der Waals surface area contributed by atoms with Gasteiger partial charge in [0.15, 0.2) is 17.4 Å². The van der Waals surface area contributed by atoms with Crippen LogP contribution < -0.4 is 15.0 Å². The van der Waals surface area contributed by atoms with E-state index in [0.717, 1.165) is 11.3 Å². The van der Waals surface area contributed by atoms with Gasteiger partial charge in [0, 0.05) is 18.5 Å². The van der Waals surface area contributed by atoms with E-state index in [1.165, 1.54) is 13.2 Å². The van der Waals surface area contributed by atoms with Crippen molar-refractivity contribution in [1.82, 2.24) is 10.2 Å². The van der Waals surface area contributed by atoms with Crippen LogP contribution in [0.4, 0.5) is 15.9 Å². The Hall–Kier alpha value is -3.52. The molecule has 0 radical (unpaired) electrons. The van der Waals surface area contributed by atoms with Gasteiger partial charge in [-0.25, -0.2) is 4.39 Å². The standard InChI is InChI=1S/C23H21FN4O3/c1-30-21-16(8-5-9-17(21)24)18-11-19-22(27-26-18)25-23(29)20-10-15(12-28(19)20)31-13-14-6-3-2-4-7-14/h2-9,11,15,20H,10,12-13H2,1H3,(H,25,27,29). The van der Waals surface area contributed by atoms with E-state index in [-0.39, 0.29) is 23.8 Å². The molecule has 2 unspecified atom stereocenters. The van der Waals surface area contributed by atoms with Gasteiger partial charge in [0.2, 0.25) is 5.91 Å². The van der Waals surface area contributed by atoms with E-state index in [0.29, 0.717) is 36.6 Å². The predicted molar refractivity (Wildman–Crippen MR) is 113 cm³/mol. The molecule has 3 heterocycles. The molecule has 5 rings (SSSR count). The molecule has 7 nitrogen and oxygen atoms in total. The first kappa shape index (κ1) is 19.4. The van der Waals surface area contributed by atoms with Crippen molar-refractivity contribution in [3.8, 4) is 17.0 Å². The average molecular weight is 420 g/mol. The number of benzene rings is 2. The molecule has 3 aromatic rings. The quantitative estimate of drug-likeness (QED) is 0.682. The molecule has 0 saturated carbocycles. The summed E-state index contributed by atoms with van der Waals surface area (Å²) in [6, 6.07) is 16.1. The average Bonchev–Trinajstić information content (AvgIpc) is 3.23. The monoisotopic (exact) mass is 420 g/mol. The maximum atomic E-state index is 14.2. The number of halogens is 1. The van der Waals surface area contributed by atoms with E-state index in [1.807, 2.05) is 41.3 Å². The largest absolute Gasteiger partial charge is 0.493 e. The number of amides is 1. The fraction of sp³-hybridized carbons (Fsp3) is 0.261. The molecule has 2 atom stereocenters. The van der Waals surface area contributed by atoms with Crippen LogP contribution >= 0.6 is 0 Å². The SMILES string of the molecule is COc1c(F)cccc1-c1cc2c(nn1)NC(=O)C1CC(OCc3ccccc3)CN21. The second-order valence-corrected chi connectivity index (χ2v) is 7.60. The Morgan fingerprint density at radius 1 is 1.16 bits per heavy atom. The Morgan fingerprint density at radius 3 is 2.81 bits per heavy atom. The molecule has 1 amide bonds. The highest BCUT2D eigenvalue weighted by Crippen LogP contribution is 2.39. The number of ether oxygens (including phenoxy) is 2. The first-order valence-corrected chi connectivity index (χ1v) is 10.1. The molecular weight excluding hydrogens is 399 g/mol. The van der Waals surface area contributed by atoms with Gasteiger partial charge in [-0.1, -0.05) is 36.4 Å². The summed E-state index contributed by atoms with van der Waals surface area (Å²) in [6.07, 6.45) is 0.487. The molecule has 158 valence electrons. The zero-order valence-electron chi connectivity index (χ0n) is 16.9. The summed E-state index contributed by atoms with van der Waals surface area (Å²) >= 11 is 0. The lowest BCUT2D eigenvalue weighted by atomic mass is 10.1. The number of aromatic nitrogens is 2. The van der Waals surface area contributed by atoms with Gasteiger partial charge in [-0.3, -0.25) is 4.79 Å². The second-order valence-electron chi connectivity index (χ2n) is 7.60. The molecular formula is C23H21FN4O3. The van der Waals surface area contributed by atoms with Crippen molar-refractivity contribution in [1.29, 1.82) is 0 Å². The van der Waals surface area contributed by atoms with Crippen molar-refractivity contribution in [3.05, 3.63) is 66.0 Å². The van der Waals surface area contributed by atoms with Crippen LogP contribution in [0.3, 0.4) is 0 Å². The Labute approximate surface area is 178 Å². The third-order valence-electron chi connectivity index (χ3n) is 5.67. The number of methoxy groups -OCH3 is 1. The molecule has 0 aliphatic carbocycles. The maximum Gasteiger partial charge on any atom is 0.248 e. The maximum absolute atomic E-state index is 14.2. The van der Waals surface area contributed by atoms with Crippen LogP contribution in [0.2, 0.25) is 0 Å². The third kappa shape index (κ3) is 3.59. The molecule has 2 aliphatic heterocycles. The zero-order valence-corrected chi connectivity index (χ0v) is 16.9. The first-order valence-electron chi connectivity index (χ1n) is 10.1. The van der Waals surface area contributed by atoms with Gasteiger partial charge in [0.1, 0.15) is 6.04 Å². The van der Waals surface area contributed by atoms with Gasteiger partial charge in [-0.05, 0) is 23.8 Å². The molecule has 1 saturated heterocycles. The van der Waals surface area contributed by atoms with Crippen LogP contribution in [-0.2, 0) is 16.1 Å². The minimum Gasteiger partial charge on any atom is -0.493 e. The van der Waals surface area contributed by atoms with Crippen molar-refractivity contribution in [2.45, 2.75) is 25.2 Å². The Kier molecular flexibility index (Phi) is 4.99. The lowest BCUT2D eigenvalue weighted by molar-refractivity contribution is -0.117. The lowest BCUT2D eigenvalue weighted by Crippen LogP contribution is -2.44. The van der Waals surface area contributed by atoms with Gasteiger partial charge in [0.05, 0.1) is 31.2 Å². The Morgan fingerprint density at radius 2 is 2.00 bits per heavy atom. The van der Waals surface area contributed by atoms with E-state index in [9.17, 15) is 9.18 Å². The van der Waals surface area contributed by atoms with Crippen LogP contribution in [0.15, 0.2) is 54.6 Å². The number of hydrogen-bond donors (Lipinski definition) is 1. The van der Waals surface area contributed by atoms with Crippen LogP contribution in [0.5, 0.6) is 5.75 Å². The molecule has 1 aromatic heterocycles. The van der Waals surface area contributed by atoms with Crippen LogP contribution in [0, 0.1) is 5.82 Å². The van der Waals surface area contributed by atoms with Crippen molar-refractivity contribution < 1.29 is 18.7 Å². The predicted octanol–water partition coefficient (Wildman–Crippen LogP) is 3.41. The van der Waals surface area contributed by atoms with Crippen molar-refractivity contribution in [3.63, 3.8) is 0 Å². The summed E-state index contributed by atoms with van der Waals surface area (Å²) in [5.74, 6) is -0.0901. The molecule has 1 N–H and O–H groups in total.